The molecule has 0 saturated carbocycles. The van der Waals surface area contributed by atoms with E-state index in [0.717, 1.165) is 50.5 Å². The van der Waals surface area contributed by atoms with Crippen LogP contribution in [-0.2, 0) is 4.79 Å². The van der Waals surface area contributed by atoms with E-state index in [0.29, 0.717) is 11.9 Å². The van der Waals surface area contributed by atoms with Crippen molar-refractivity contribution in [2.24, 2.45) is 21.8 Å². The van der Waals surface area contributed by atoms with Crippen molar-refractivity contribution in [3.8, 4) is 5.75 Å². The summed E-state index contributed by atoms with van der Waals surface area (Å²) in [5.74, 6) is 1.87. The fourth-order valence-electron chi connectivity index (χ4n) is 3.55. The van der Waals surface area contributed by atoms with Gasteiger partial charge in [0.15, 0.2) is 0 Å². The van der Waals surface area contributed by atoms with Crippen molar-refractivity contribution in [1.29, 1.82) is 0 Å². The smallest absolute Gasteiger partial charge is 0.257 e. The van der Waals surface area contributed by atoms with Gasteiger partial charge in [-0.05, 0) is 49.9 Å². The number of rotatable bonds is 5. The van der Waals surface area contributed by atoms with Crippen LogP contribution in [-0.4, -0.2) is 55.8 Å². The van der Waals surface area contributed by atoms with Gasteiger partial charge in [0, 0.05) is 37.6 Å². The molecule has 6 nitrogen and oxygen atoms in total. The number of methoxy groups -OCH3 is 1. The molecule has 3 rings (SSSR count). The number of aliphatic imine (C=N–C) groups is 2. The number of anilines is 1. The van der Waals surface area contributed by atoms with E-state index in [9.17, 15) is 4.79 Å². The van der Waals surface area contributed by atoms with E-state index >= 15 is 0 Å². The monoisotopic (exact) mass is 370 g/mol. The minimum absolute atomic E-state index is 0.0317. The number of piperazine rings is 1. The van der Waals surface area contributed by atoms with Crippen LogP contribution in [0.3, 0.4) is 0 Å². The van der Waals surface area contributed by atoms with Crippen molar-refractivity contribution in [2.75, 3.05) is 38.2 Å². The third-order valence-electron chi connectivity index (χ3n) is 5.32. The molecule has 0 N–H and O–H groups in total. The molecule has 27 heavy (non-hydrogen) atoms. The average molecular weight is 370 g/mol. The van der Waals surface area contributed by atoms with E-state index in [1.165, 1.54) is 5.69 Å². The molecule has 0 aromatic heterocycles. The summed E-state index contributed by atoms with van der Waals surface area (Å²) in [7, 11) is 1.68. The first-order valence-electron chi connectivity index (χ1n) is 9.79. The summed E-state index contributed by atoms with van der Waals surface area (Å²) in [4.78, 5) is 26.0. The Morgan fingerprint density at radius 2 is 1.70 bits per heavy atom. The van der Waals surface area contributed by atoms with Crippen molar-refractivity contribution in [2.45, 2.75) is 33.6 Å². The maximum absolute atomic E-state index is 12.5. The molecule has 1 amide bonds. The van der Waals surface area contributed by atoms with E-state index in [4.69, 9.17) is 4.74 Å². The molecule has 2 aliphatic rings. The molecular formula is C21H30N4O2. The largest absolute Gasteiger partial charge is 0.497 e. The molecule has 1 aromatic carbocycles. The second-order valence-electron chi connectivity index (χ2n) is 7.70. The van der Waals surface area contributed by atoms with Gasteiger partial charge in [-0.3, -0.25) is 4.79 Å². The maximum atomic E-state index is 12.5. The summed E-state index contributed by atoms with van der Waals surface area (Å²) in [6.07, 6.45) is 1.86. The molecule has 146 valence electrons. The fourth-order valence-corrected chi connectivity index (χ4v) is 3.55. The van der Waals surface area contributed by atoms with Gasteiger partial charge < -0.3 is 14.5 Å². The first-order chi connectivity index (χ1) is 13.0. The van der Waals surface area contributed by atoms with Crippen LogP contribution in [0.2, 0.25) is 0 Å². The van der Waals surface area contributed by atoms with E-state index < -0.39 is 0 Å². The molecule has 2 aliphatic heterocycles. The molecule has 2 heterocycles. The van der Waals surface area contributed by atoms with Crippen LogP contribution in [0.1, 0.15) is 33.6 Å². The first-order valence-corrected chi connectivity index (χ1v) is 9.79. The highest BCUT2D eigenvalue weighted by Crippen LogP contribution is 2.23. The zero-order valence-corrected chi connectivity index (χ0v) is 16.8. The first kappa shape index (κ1) is 19.4. The molecule has 6 heteroatoms. The van der Waals surface area contributed by atoms with Crippen molar-refractivity contribution >= 4 is 23.3 Å². The normalized spacial score (nSPS) is 20.6. The van der Waals surface area contributed by atoms with Crippen LogP contribution >= 0.6 is 0 Å². The molecule has 1 fully saturated rings. The standard InChI is InChI=1S/C21H30N4O2/c1-15(2)5-10-19-16(3)22-21(23-20(19)26)25-13-11-24(12-14-25)17-6-8-18(27-4)9-7-17/h6-9,15,19H,5,10-14H2,1-4H3. The van der Waals surface area contributed by atoms with Gasteiger partial charge in [0.05, 0.1) is 13.0 Å². The zero-order chi connectivity index (χ0) is 19.4. The lowest BCUT2D eigenvalue weighted by Gasteiger charge is -2.37. The van der Waals surface area contributed by atoms with Crippen LogP contribution in [0.25, 0.3) is 0 Å². The van der Waals surface area contributed by atoms with Gasteiger partial charge in [-0.2, -0.15) is 4.99 Å². The molecular weight excluding hydrogens is 340 g/mol. The van der Waals surface area contributed by atoms with Gasteiger partial charge in [0.2, 0.25) is 5.96 Å². The van der Waals surface area contributed by atoms with Gasteiger partial charge in [0.25, 0.3) is 5.91 Å². The van der Waals surface area contributed by atoms with Crippen molar-refractivity contribution in [1.82, 2.24) is 4.90 Å². The summed E-state index contributed by atoms with van der Waals surface area (Å²) in [6.45, 7) is 9.70. The van der Waals surface area contributed by atoms with Crippen molar-refractivity contribution in [3.05, 3.63) is 24.3 Å². The lowest BCUT2D eigenvalue weighted by Crippen LogP contribution is -2.49. The van der Waals surface area contributed by atoms with E-state index in [1.54, 1.807) is 7.11 Å². The van der Waals surface area contributed by atoms with Crippen LogP contribution in [0.5, 0.6) is 5.75 Å². The SMILES string of the molecule is COc1ccc(N2CCN(C3=NC(=O)C(CCC(C)C)C(C)=N3)CC2)cc1. The van der Waals surface area contributed by atoms with E-state index in [2.05, 4.69) is 45.8 Å². The van der Waals surface area contributed by atoms with Gasteiger partial charge in [-0.25, -0.2) is 4.99 Å². The lowest BCUT2D eigenvalue weighted by atomic mass is 9.93. The predicted molar refractivity (Wildman–Crippen MR) is 110 cm³/mol. The molecule has 0 aliphatic carbocycles. The van der Waals surface area contributed by atoms with Gasteiger partial charge in [0.1, 0.15) is 5.75 Å². The minimum atomic E-state index is -0.142. The molecule has 1 saturated heterocycles. The average Bonchev–Trinajstić information content (AvgIpc) is 2.67. The summed E-state index contributed by atoms with van der Waals surface area (Å²) >= 11 is 0. The van der Waals surface area contributed by atoms with Crippen molar-refractivity contribution in [3.63, 3.8) is 0 Å². The number of carbonyl (C=O) groups is 1. The number of guanidine groups is 1. The molecule has 1 aromatic rings. The number of carbonyl (C=O) groups excluding carboxylic acids is 1. The van der Waals surface area contributed by atoms with Crippen LogP contribution < -0.4 is 9.64 Å². The summed E-state index contributed by atoms with van der Waals surface area (Å²) in [5.41, 5.74) is 2.09. The minimum Gasteiger partial charge on any atom is -0.497 e. The number of hydrogen-bond donors (Lipinski definition) is 0. The Bertz CT molecular complexity index is 716. The van der Waals surface area contributed by atoms with Gasteiger partial charge in [-0.15, -0.1) is 0 Å². The number of amides is 1. The predicted octanol–water partition coefficient (Wildman–Crippen LogP) is 3.23. The Morgan fingerprint density at radius 1 is 1.07 bits per heavy atom. The molecule has 1 atom stereocenters. The zero-order valence-electron chi connectivity index (χ0n) is 16.8. The Hall–Kier alpha value is -2.37. The van der Waals surface area contributed by atoms with Crippen LogP contribution in [0.4, 0.5) is 5.69 Å². The van der Waals surface area contributed by atoms with Crippen molar-refractivity contribution < 1.29 is 9.53 Å². The third kappa shape index (κ3) is 4.67. The number of benzene rings is 1. The van der Waals surface area contributed by atoms with E-state index in [1.807, 2.05) is 19.1 Å². The highest BCUT2D eigenvalue weighted by Gasteiger charge is 2.29. The van der Waals surface area contributed by atoms with Gasteiger partial charge >= 0.3 is 0 Å². The fraction of sp³-hybridized carbons (Fsp3) is 0.571. The Balaban J connectivity index is 1.59. The Morgan fingerprint density at radius 3 is 2.26 bits per heavy atom. The quantitative estimate of drug-likeness (QED) is 0.798. The van der Waals surface area contributed by atoms with E-state index in [-0.39, 0.29) is 11.8 Å². The highest BCUT2D eigenvalue weighted by atomic mass is 16.5. The summed E-state index contributed by atoms with van der Waals surface area (Å²) in [6, 6.07) is 8.13. The van der Waals surface area contributed by atoms with Crippen LogP contribution in [0, 0.1) is 11.8 Å². The summed E-state index contributed by atoms with van der Waals surface area (Å²) in [5, 5.41) is 0. The summed E-state index contributed by atoms with van der Waals surface area (Å²) < 4.78 is 5.22. The number of nitrogens with zero attached hydrogens (tertiary/aromatic N) is 4. The Kier molecular flexibility index (Phi) is 6.14. The topological polar surface area (TPSA) is 57.5 Å². The second kappa shape index (κ2) is 8.55. The molecule has 0 bridgehead atoms. The Labute approximate surface area is 161 Å². The number of ether oxygens (including phenoxy) is 1. The highest BCUT2D eigenvalue weighted by molar-refractivity contribution is 6.14. The molecule has 0 radical (unpaired) electrons. The van der Waals surface area contributed by atoms with Gasteiger partial charge in [-0.1, -0.05) is 13.8 Å². The second-order valence-corrected chi connectivity index (χ2v) is 7.70. The third-order valence-corrected chi connectivity index (χ3v) is 5.32. The van der Waals surface area contributed by atoms with Crippen LogP contribution in [0.15, 0.2) is 34.3 Å². The molecule has 0 spiro atoms. The number of hydrogen-bond acceptors (Lipinski definition) is 5. The lowest BCUT2D eigenvalue weighted by molar-refractivity contribution is -0.120. The maximum Gasteiger partial charge on any atom is 0.257 e. The molecule has 1 unspecified atom stereocenters.